The molecular formula is C20H21F3N4O5S. The van der Waals surface area contributed by atoms with Crippen LogP contribution in [0.15, 0.2) is 24.4 Å². The highest BCUT2D eigenvalue weighted by molar-refractivity contribution is 7.87. The van der Waals surface area contributed by atoms with Crippen LogP contribution in [-0.4, -0.2) is 46.3 Å². The fourth-order valence-electron chi connectivity index (χ4n) is 3.02. The molecule has 3 heterocycles. The number of rotatable bonds is 5. The summed E-state index contributed by atoms with van der Waals surface area (Å²) in [5, 5.41) is 5.02. The fraction of sp³-hybridized carbons (Fsp3) is 0.400. The third kappa shape index (κ3) is 4.77. The van der Waals surface area contributed by atoms with Gasteiger partial charge in [0.15, 0.2) is 5.65 Å². The lowest BCUT2D eigenvalue weighted by Crippen LogP contribution is -2.28. The molecule has 3 aromatic heterocycles. The Balaban J connectivity index is 2.14. The summed E-state index contributed by atoms with van der Waals surface area (Å²) in [7, 11) is -5.85. The minimum Gasteiger partial charge on any atom is -0.462 e. The van der Waals surface area contributed by atoms with E-state index in [4.69, 9.17) is 4.74 Å². The van der Waals surface area contributed by atoms with Gasteiger partial charge >= 0.3 is 21.6 Å². The summed E-state index contributed by atoms with van der Waals surface area (Å²) in [5.41, 5.74) is -4.32. The summed E-state index contributed by atoms with van der Waals surface area (Å²) in [4.78, 5) is 20.9. The zero-order chi connectivity index (χ0) is 24.8. The van der Waals surface area contributed by atoms with Crippen LogP contribution >= 0.6 is 0 Å². The van der Waals surface area contributed by atoms with Crippen molar-refractivity contribution in [1.82, 2.24) is 19.7 Å². The quantitative estimate of drug-likeness (QED) is 0.303. The number of carbonyl (C=O) groups is 1. The Labute approximate surface area is 187 Å². The first kappa shape index (κ1) is 24.4. The summed E-state index contributed by atoms with van der Waals surface area (Å²) >= 11 is 0. The molecule has 0 aliphatic heterocycles. The lowest BCUT2D eigenvalue weighted by Gasteiger charge is -2.20. The van der Waals surface area contributed by atoms with E-state index in [0.717, 1.165) is 12.3 Å². The van der Waals surface area contributed by atoms with E-state index in [9.17, 15) is 26.4 Å². The second kappa shape index (κ2) is 8.28. The first-order valence-corrected chi connectivity index (χ1v) is 11.1. The van der Waals surface area contributed by atoms with Crippen molar-refractivity contribution < 1.29 is 35.3 Å². The molecule has 178 valence electrons. The van der Waals surface area contributed by atoms with E-state index in [2.05, 4.69) is 19.2 Å². The van der Waals surface area contributed by atoms with Crippen LogP contribution in [0.1, 0.15) is 43.7 Å². The highest BCUT2D eigenvalue weighted by atomic mass is 32.2. The average molecular weight is 486 g/mol. The first-order chi connectivity index (χ1) is 15.2. The molecule has 0 spiro atoms. The van der Waals surface area contributed by atoms with Gasteiger partial charge < -0.3 is 8.92 Å². The number of esters is 1. The summed E-state index contributed by atoms with van der Waals surface area (Å²) in [6, 6.07) is 3.70. The van der Waals surface area contributed by atoms with Crippen LogP contribution in [0, 0.1) is 6.92 Å². The molecule has 3 rings (SSSR count). The van der Waals surface area contributed by atoms with Gasteiger partial charge in [-0.1, -0.05) is 0 Å². The number of fused-ring (bicyclic) bond motifs is 1. The number of ether oxygens (including phenoxy) is 1. The van der Waals surface area contributed by atoms with Gasteiger partial charge in [0, 0.05) is 17.8 Å². The van der Waals surface area contributed by atoms with E-state index in [0.29, 0.717) is 22.3 Å². The van der Waals surface area contributed by atoms with Crippen molar-refractivity contribution >= 4 is 27.1 Å². The number of nitrogens with zero attached hydrogens (tertiary/aromatic N) is 4. The Bertz CT molecular complexity index is 1310. The van der Waals surface area contributed by atoms with Gasteiger partial charge in [-0.25, -0.2) is 19.4 Å². The van der Waals surface area contributed by atoms with E-state index in [-0.39, 0.29) is 17.9 Å². The number of hydrogen-bond acceptors (Lipinski definition) is 8. The minimum absolute atomic E-state index is 0.145. The van der Waals surface area contributed by atoms with Crippen LogP contribution in [0.3, 0.4) is 0 Å². The van der Waals surface area contributed by atoms with Crippen molar-refractivity contribution in [2.45, 2.75) is 45.7 Å². The Morgan fingerprint density at radius 1 is 1.18 bits per heavy atom. The molecule has 9 nitrogen and oxygen atoms in total. The SMILES string of the molecule is CCOC(=O)c1cc(-c2ccc(OS(=O)(=O)C(F)(F)F)nc2)nc2c1c(C)nn2C(C)(C)C. The maximum atomic E-state index is 12.7. The molecule has 3 aromatic rings. The van der Waals surface area contributed by atoms with Crippen LogP contribution in [0.2, 0.25) is 0 Å². The summed E-state index contributed by atoms with van der Waals surface area (Å²) in [6.07, 6.45) is 1.09. The third-order valence-corrected chi connectivity index (χ3v) is 5.41. The van der Waals surface area contributed by atoms with E-state index >= 15 is 0 Å². The van der Waals surface area contributed by atoms with E-state index in [1.165, 1.54) is 12.1 Å². The molecule has 0 aliphatic rings. The number of aromatic nitrogens is 4. The molecule has 33 heavy (non-hydrogen) atoms. The highest BCUT2D eigenvalue weighted by Crippen LogP contribution is 2.31. The normalized spacial score (nSPS) is 12.7. The topological polar surface area (TPSA) is 113 Å². The summed E-state index contributed by atoms with van der Waals surface area (Å²) in [5.74, 6) is -1.36. The zero-order valence-electron chi connectivity index (χ0n) is 18.4. The molecule has 0 radical (unpaired) electrons. The lowest BCUT2D eigenvalue weighted by molar-refractivity contribution is -0.0501. The predicted octanol–water partition coefficient (Wildman–Crippen LogP) is 3.96. The van der Waals surface area contributed by atoms with Crippen molar-refractivity contribution in [2.24, 2.45) is 0 Å². The summed E-state index contributed by atoms with van der Waals surface area (Å²) < 4.78 is 70.8. The van der Waals surface area contributed by atoms with Crippen LogP contribution in [-0.2, 0) is 20.4 Å². The average Bonchev–Trinajstić information content (AvgIpc) is 3.04. The molecule has 0 atom stereocenters. The van der Waals surface area contributed by atoms with Crippen LogP contribution < -0.4 is 4.18 Å². The Morgan fingerprint density at radius 3 is 2.36 bits per heavy atom. The molecule has 0 bridgehead atoms. The first-order valence-electron chi connectivity index (χ1n) is 9.71. The van der Waals surface area contributed by atoms with Gasteiger partial charge in [-0.05, 0) is 46.8 Å². The Hall–Kier alpha value is -3.22. The maximum Gasteiger partial charge on any atom is 0.534 e. The smallest absolute Gasteiger partial charge is 0.462 e. The second-order valence-corrected chi connectivity index (χ2v) is 9.55. The molecule has 0 saturated heterocycles. The molecular weight excluding hydrogens is 465 g/mol. The molecule has 13 heteroatoms. The Kier molecular flexibility index (Phi) is 6.13. The van der Waals surface area contributed by atoms with Crippen molar-refractivity contribution in [3.8, 4) is 17.1 Å². The molecule has 0 fully saturated rings. The number of hydrogen-bond donors (Lipinski definition) is 0. The lowest BCUT2D eigenvalue weighted by atomic mass is 10.1. The molecule has 0 N–H and O–H groups in total. The number of halogens is 3. The van der Waals surface area contributed by atoms with Gasteiger partial charge in [0.05, 0.1) is 34.5 Å². The van der Waals surface area contributed by atoms with Gasteiger partial charge in [-0.3, -0.25) is 0 Å². The van der Waals surface area contributed by atoms with Gasteiger partial charge in [-0.15, -0.1) is 0 Å². The van der Waals surface area contributed by atoms with Crippen molar-refractivity contribution in [1.29, 1.82) is 0 Å². The van der Waals surface area contributed by atoms with Crippen LogP contribution in [0.25, 0.3) is 22.3 Å². The second-order valence-electron chi connectivity index (χ2n) is 8.01. The summed E-state index contributed by atoms with van der Waals surface area (Å²) in [6.45, 7) is 9.28. The molecule has 0 saturated carbocycles. The molecule has 0 unspecified atom stereocenters. The van der Waals surface area contributed by atoms with Gasteiger partial charge in [-0.2, -0.15) is 26.7 Å². The number of carbonyl (C=O) groups excluding carboxylic acids is 1. The van der Waals surface area contributed by atoms with E-state index in [1.807, 2.05) is 20.8 Å². The number of aryl methyl sites for hydroxylation is 1. The standard InChI is InChI=1S/C20H21F3N4O5S/c1-6-31-18(28)13-9-14(25-17-16(13)11(2)26-27(17)19(3,4)5)12-7-8-15(24-10-12)32-33(29,30)20(21,22)23/h7-10H,6H2,1-5H3. The predicted molar refractivity (Wildman–Crippen MR) is 112 cm³/mol. The van der Waals surface area contributed by atoms with Gasteiger partial charge in [0.25, 0.3) is 0 Å². The largest absolute Gasteiger partial charge is 0.534 e. The molecule has 0 amide bonds. The van der Waals surface area contributed by atoms with E-state index in [1.54, 1.807) is 18.5 Å². The number of alkyl halides is 3. The fourth-order valence-corrected chi connectivity index (χ4v) is 3.43. The van der Waals surface area contributed by atoms with Gasteiger partial charge in [0.2, 0.25) is 5.88 Å². The monoisotopic (exact) mass is 486 g/mol. The van der Waals surface area contributed by atoms with Gasteiger partial charge in [0.1, 0.15) is 0 Å². The third-order valence-electron chi connectivity index (χ3n) is 4.45. The highest BCUT2D eigenvalue weighted by Gasteiger charge is 2.48. The maximum absolute atomic E-state index is 12.7. The molecule has 0 aromatic carbocycles. The van der Waals surface area contributed by atoms with Crippen molar-refractivity contribution in [3.05, 3.63) is 35.7 Å². The zero-order valence-corrected chi connectivity index (χ0v) is 19.2. The Morgan fingerprint density at radius 2 is 1.85 bits per heavy atom. The van der Waals surface area contributed by atoms with Crippen LogP contribution in [0.5, 0.6) is 5.88 Å². The minimum atomic E-state index is -5.85. The van der Waals surface area contributed by atoms with Crippen molar-refractivity contribution in [2.75, 3.05) is 6.61 Å². The van der Waals surface area contributed by atoms with Crippen LogP contribution in [0.4, 0.5) is 13.2 Å². The van der Waals surface area contributed by atoms with E-state index < -0.39 is 33.0 Å². The van der Waals surface area contributed by atoms with Crippen molar-refractivity contribution in [3.63, 3.8) is 0 Å². The molecule has 0 aliphatic carbocycles. The number of pyridine rings is 2.